The van der Waals surface area contributed by atoms with Gasteiger partial charge in [-0.2, -0.15) is 0 Å². The molecule has 0 spiro atoms. The minimum absolute atomic E-state index is 0.114. The highest BCUT2D eigenvalue weighted by Crippen LogP contribution is 2.35. The molecule has 1 saturated heterocycles. The van der Waals surface area contributed by atoms with E-state index in [0.29, 0.717) is 41.3 Å². The molecule has 4 rings (SSSR count). The zero-order valence-corrected chi connectivity index (χ0v) is 20.8. The first-order chi connectivity index (χ1) is 16.8. The molecule has 1 aliphatic heterocycles. The third-order valence-electron chi connectivity index (χ3n) is 6.22. The van der Waals surface area contributed by atoms with Crippen molar-refractivity contribution in [1.29, 1.82) is 0 Å². The maximum absolute atomic E-state index is 13.1. The van der Waals surface area contributed by atoms with Crippen LogP contribution in [-0.2, 0) is 24.2 Å². The molecule has 0 saturated carbocycles. The fourth-order valence-corrected chi connectivity index (χ4v) is 4.45. The second-order valence-corrected chi connectivity index (χ2v) is 9.35. The molecule has 1 aromatic heterocycles. The van der Waals surface area contributed by atoms with Gasteiger partial charge in [0, 0.05) is 24.5 Å². The first-order valence-corrected chi connectivity index (χ1v) is 12.0. The number of rotatable bonds is 7. The molecular formula is C28H34FN3O3. The predicted octanol–water partition coefficient (Wildman–Crippen LogP) is 4.39. The van der Waals surface area contributed by atoms with Crippen molar-refractivity contribution < 1.29 is 19.1 Å². The number of benzene rings is 2. The van der Waals surface area contributed by atoms with Crippen molar-refractivity contribution in [2.75, 3.05) is 34.2 Å². The van der Waals surface area contributed by atoms with Gasteiger partial charge in [-0.1, -0.05) is 18.6 Å². The van der Waals surface area contributed by atoms with Crippen LogP contribution in [0.1, 0.15) is 51.9 Å². The van der Waals surface area contributed by atoms with Crippen LogP contribution in [0.3, 0.4) is 0 Å². The van der Waals surface area contributed by atoms with Crippen LogP contribution in [0.5, 0.6) is 5.75 Å². The zero-order chi connectivity index (χ0) is 25.4. The molecule has 2 heterocycles. The number of likely N-dealkylation sites (tertiary alicyclic amines) is 1. The number of hydrogen-bond acceptors (Lipinski definition) is 6. The number of phenolic OH excluding ortho intramolecular Hbond substituents is 1. The summed E-state index contributed by atoms with van der Waals surface area (Å²) in [4.78, 5) is 31.6. The van der Waals surface area contributed by atoms with Gasteiger partial charge in [-0.05, 0) is 93.9 Å². The van der Waals surface area contributed by atoms with Crippen LogP contribution in [0.4, 0.5) is 4.39 Å². The van der Waals surface area contributed by atoms with Crippen LogP contribution >= 0.6 is 0 Å². The number of halogens is 1. The minimum atomic E-state index is -0.298. The molecule has 0 bridgehead atoms. The Kier molecular flexibility index (Phi) is 9.46. The van der Waals surface area contributed by atoms with E-state index in [9.17, 15) is 19.1 Å². The molecule has 6 nitrogen and oxygen atoms in total. The van der Waals surface area contributed by atoms with Gasteiger partial charge in [-0.15, -0.1) is 0 Å². The van der Waals surface area contributed by atoms with Gasteiger partial charge in [0.2, 0.25) is 0 Å². The Morgan fingerprint density at radius 3 is 2.29 bits per heavy atom. The third kappa shape index (κ3) is 6.93. The van der Waals surface area contributed by atoms with Crippen molar-refractivity contribution in [2.24, 2.45) is 0 Å². The lowest BCUT2D eigenvalue weighted by Crippen LogP contribution is -2.24. The van der Waals surface area contributed by atoms with E-state index in [0.717, 1.165) is 17.4 Å². The summed E-state index contributed by atoms with van der Waals surface area (Å²) in [6.45, 7) is 3.04. The van der Waals surface area contributed by atoms with Crippen molar-refractivity contribution in [3.8, 4) is 5.75 Å². The minimum Gasteiger partial charge on any atom is -0.505 e. The molecule has 186 valence electrons. The largest absolute Gasteiger partial charge is 0.505 e. The SMILES string of the molecule is CN(C)Cc1c(C=O)c(O)c2ncc(Cc3ccc(F)cc3)cc2c1CC=O.CN1CCCCC1. The second kappa shape index (κ2) is 12.5. The highest BCUT2D eigenvalue weighted by molar-refractivity contribution is 5.98. The first kappa shape index (κ1) is 26.4. The lowest BCUT2D eigenvalue weighted by atomic mass is 9.92. The number of fused-ring (bicyclic) bond motifs is 1. The average molecular weight is 480 g/mol. The fraction of sp³-hybridized carbons (Fsp3) is 0.393. The van der Waals surface area contributed by atoms with E-state index in [1.165, 1.54) is 44.5 Å². The fourth-order valence-electron chi connectivity index (χ4n) is 4.45. The smallest absolute Gasteiger partial charge is 0.154 e. The Hall–Kier alpha value is -3.16. The van der Waals surface area contributed by atoms with Gasteiger partial charge < -0.3 is 19.7 Å². The van der Waals surface area contributed by atoms with Gasteiger partial charge in [-0.25, -0.2) is 4.39 Å². The lowest BCUT2D eigenvalue weighted by Gasteiger charge is -2.20. The molecule has 2 aromatic carbocycles. The number of aromatic hydroxyl groups is 1. The summed E-state index contributed by atoms with van der Waals surface area (Å²) < 4.78 is 13.1. The Morgan fingerprint density at radius 2 is 1.74 bits per heavy atom. The van der Waals surface area contributed by atoms with Crippen LogP contribution in [0.15, 0.2) is 36.5 Å². The summed E-state index contributed by atoms with van der Waals surface area (Å²) in [5.41, 5.74) is 3.55. The van der Waals surface area contributed by atoms with Gasteiger partial charge in [0.25, 0.3) is 0 Å². The van der Waals surface area contributed by atoms with E-state index in [4.69, 9.17) is 0 Å². The van der Waals surface area contributed by atoms with Gasteiger partial charge in [0.05, 0.1) is 5.56 Å². The summed E-state index contributed by atoms with van der Waals surface area (Å²) in [6, 6.07) is 8.09. The summed E-state index contributed by atoms with van der Waals surface area (Å²) in [5, 5.41) is 11.2. The number of aromatic nitrogens is 1. The van der Waals surface area contributed by atoms with Crippen LogP contribution < -0.4 is 0 Å². The van der Waals surface area contributed by atoms with Gasteiger partial charge >= 0.3 is 0 Å². The maximum Gasteiger partial charge on any atom is 0.154 e. The third-order valence-corrected chi connectivity index (χ3v) is 6.22. The van der Waals surface area contributed by atoms with E-state index >= 15 is 0 Å². The van der Waals surface area contributed by atoms with E-state index in [2.05, 4.69) is 16.9 Å². The first-order valence-electron chi connectivity index (χ1n) is 12.0. The van der Waals surface area contributed by atoms with Crippen LogP contribution in [0.25, 0.3) is 10.9 Å². The molecule has 1 fully saturated rings. The number of piperidine rings is 1. The Morgan fingerprint density at radius 1 is 1.06 bits per heavy atom. The number of carbonyl (C=O) groups is 2. The molecule has 3 aromatic rings. The number of aldehydes is 2. The quantitative estimate of drug-likeness (QED) is 0.507. The van der Waals surface area contributed by atoms with Crippen molar-refractivity contribution in [3.05, 3.63) is 70.2 Å². The summed E-state index contributed by atoms with van der Waals surface area (Å²) in [7, 11) is 5.90. The highest BCUT2D eigenvalue weighted by Gasteiger charge is 2.20. The van der Waals surface area contributed by atoms with E-state index in [1.807, 2.05) is 25.1 Å². The number of phenols is 1. The molecule has 7 heteroatoms. The van der Waals surface area contributed by atoms with E-state index < -0.39 is 0 Å². The van der Waals surface area contributed by atoms with Gasteiger partial charge in [0.1, 0.15) is 17.6 Å². The standard InChI is InChI=1S/C22H21FN2O3.C6H13N/c1-25(2)12-19-17(7-8-26)18-10-15(9-14-3-5-16(23)6-4-14)11-24-21(18)22(28)20(19)13-27;1-7-5-3-2-4-6-7/h3-6,8,10-11,13,28H,7,9,12H2,1-2H3;2-6H2,1H3. The zero-order valence-electron chi connectivity index (χ0n) is 20.8. The predicted molar refractivity (Wildman–Crippen MR) is 137 cm³/mol. The molecular weight excluding hydrogens is 445 g/mol. The molecule has 1 aliphatic rings. The highest BCUT2D eigenvalue weighted by atomic mass is 19.1. The lowest BCUT2D eigenvalue weighted by molar-refractivity contribution is -0.107. The van der Waals surface area contributed by atoms with Crippen molar-refractivity contribution in [1.82, 2.24) is 14.8 Å². The number of carbonyl (C=O) groups excluding carboxylic acids is 2. The summed E-state index contributed by atoms with van der Waals surface area (Å²) >= 11 is 0. The van der Waals surface area contributed by atoms with E-state index in [-0.39, 0.29) is 23.6 Å². The monoisotopic (exact) mass is 479 g/mol. The average Bonchev–Trinajstić information content (AvgIpc) is 2.84. The Labute approximate surface area is 206 Å². The Balaban J connectivity index is 0.000000420. The Bertz CT molecular complexity index is 1160. The topological polar surface area (TPSA) is 73.7 Å². The molecule has 0 radical (unpaired) electrons. The molecule has 35 heavy (non-hydrogen) atoms. The van der Waals surface area contributed by atoms with Crippen LogP contribution in [0.2, 0.25) is 0 Å². The van der Waals surface area contributed by atoms with Crippen molar-refractivity contribution >= 4 is 23.5 Å². The number of hydrogen-bond donors (Lipinski definition) is 1. The molecule has 0 amide bonds. The molecule has 0 unspecified atom stereocenters. The summed E-state index contributed by atoms with van der Waals surface area (Å²) in [6.07, 6.45) is 7.93. The molecule has 0 aliphatic carbocycles. The second-order valence-electron chi connectivity index (χ2n) is 9.35. The van der Waals surface area contributed by atoms with E-state index in [1.54, 1.807) is 18.3 Å². The number of nitrogens with zero attached hydrogens (tertiary/aromatic N) is 3. The van der Waals surface area contributed by atoms with Crippen LogP contribution in [0, 0.1) is 5.82 Å². The molecule has 1 N–H and O–H groups in total. The van der Waals surface area contributed by atoms with Gasteiger partial charge in [0.15, 0.2) is 12.0 Å². The summed E-state index contributed by atoms with van der Waals surface area (Å²) in [5.74, 6) is -0.474. The van der Waals surface area contributed by atoms with Crippen molar-refractivity contribution in [2.45, 2.75) is 38.6 Å². The maximum atomic E-state index is 13.1. The normalized spacial score (nSPS) is 14.0. The van der Waals surface area contributed by atoms with Crippen molar-refractivity contribution in [3.63, 3.8) is 0 Å². The number of pyridine rings is 1. The van der Waals surface area contributed by atoms with Gasteiger partial charge in [-0.3, -0.25) is 9.78 Å². The van der Waals surface area contributed by atoms with Crippen LogP contribution in [-0.4, -0.2) is 66.7 Å². The molecule has 0 atom stereocenters.